The second-order valence-electron chi connectivity index (χ2n) is 4.52. The summed E-state index contributed by atoms with van der Waals surface area (Å²) in [6.45, 7) is 3.57. The highest BCUT2D eigenvalue weighted by Crippen LogP contribution is 2.28. The molecule has 1 heterocycles. The van der Waals surface area contributed by atoms with E-state index >= 15 is 0 Å². The lowest BCUT2D eigenvalue weighted by Crippen LogP contribution is -2.12. The molecule has 21 heavy (non-hydrogen) atoms. The Morgan fingerprint density at radius 3 is 2.81 bits per heavy atom. The fourth-order valence-electron chi connectivity index (χ4n) is 1.77. The zero-order chi connectivity index (χ0) is 15.4. The number of thiophene rings is 1. The highest BCUT2D eigenvalue weighted by molar-refractivity contribution is 7.13. The third-order valence-corrected chi connectivity index (χ3v) is 4.53. The summed E-state index contributed by atoms with van der Waals surface area (Å²) in [5, 5.41) is 14.0. The molecule has 0 bridgehead atoms. The molecule has 0 aliphatic carbocycles. The summed E-state index contributed by atoms with van der Waals surface area (Å²) in [5.74, 6) is 5.15. The number of carbonyl (C=O) groups excluding carboxylic acids is 1. The first-order valence-electron chi connectivity index (χ1n) is 6.28. The van der Waals surface area contributed by atoms with Gasteiger partial charge in [0.1, 0.15) is 11.5 Å². The number of rotatable bonds is 2. The Hall–Kier alpha value is -1.80. The van der Waals surface area contributed by atoms with E-state index in [1.54, 1.807) is 0 Å². The normalized spacial score (nSPS) is 9.90. The van der Waals surface area contributed by atoms with Gasteiger partial charge in [0.25, 0.3) is 5.91 Å². The van der Waals surface area contributed by atoms with Crippen LogP contribution in [0.5, 0.6) is 0 Å². The summed E-state index contributed by atoms with van der Waals surface area (Å²) >= 11 is 7.42. The molecule has 0 atom stereocenters. The minimum atomic E-state index is -0.254. The van der Waals surface area contributed by atoms with E-state index in [1.165, 1.54) is 11.3 Å². The number of hydrogen-bond acceptors (Lipinski definition) is 3. The maximum absolute atomic E-state index is 12.3. The van der Waals surface area contributed by atoms with Crippen LogP contribution >= 0.6 is 22.9 Å². The van der Waals surface area contributed by atoms with E-state index in [9.17, 15) is 4.79 Å². The van der Waals surface area contributed by atoms with Crippen LogP contribution in [0.1, 0.15) is 26.4 Å². The molecule has 1 aromatic heterocycles. The van der Waals surface area contributed by atoms with Gasteiger partial charge in [0.15, 0.2) is 0 Å². The summed E-state index contributed by atoms with van der Waals surface area (Å²) in [6.07, 6.45) is 0. The molecule has 0 saturated carbocycles. The Bertz CT molecular complexity index is 740. The summed E-state index contributed by atoms with van der Waals surface area (Å²) in [6, 6.07) is 5.56. The number of anilines is 1. The first-order valence-corrected chi connectivity index (χ1v) is 7.54. The molecule has 0 aliphatic rings. The van der Waals surface area contributed by atoms with Crippen LogP contribution in [-0.2, 0) is 0 Å². The number of amides is 1. The molecule has 3 nitrogen and oxygen atoms in total. The SMILES string of the molecule is Cc1ccc(C#CCO)c(NC(=O)c2scc(C)c2Cl)c1. The molecule has 1 amide bonds. The number of hydrogen-bond donors (Lipinski definition) is 2. The van der Waals surface area contributed by atoms with E-state index < -0.39 is 0 Å². The maximum atomic E-state index is 12.3. The average Bonchev–Trinajstić information content (AvgIpc) is 2.78. The quantitative estimate of drug-likeness (QED) is 0.831. The van der Waals surface area contributed by atoms with E-state index in [0.717, 1.165) is 11.1 Å². The molecule has 0 spiro atoms. The van der Waals surface area contributed by atoms with Gasteiger partial charge in [-0.2, -0.15) is 0 Å². The van der Waals surface area contributed by atoms with E-state index in [1.807, 2.05) is 37.4 Å². The van der Waals surface area contributed by atoms with Crippen LogP contribution < -0.4 is 5.32 Å². The smallest absolute Gasteiger partial charge is 0.267 e. The van der Waals surface area contributed by atoms with Gasteiger partial charge >= 0.3 is 0 Å². The van der Waals surface area contributed by atoms with Crippen molar-refractivity contribution in [2.24, 2.45) is 0 Å². The number of aryl methyl sites for hydroxylation is 2. The lowest BCUT2D eigenvalue weighted by Gasteiger charge is -2.08. The fraction of sp³-hybridized carbons (Fsp3) is 0.188. The molecule has 2 N–H and O–H groups in total. The van der Waals surface area contributed by atoms with Crippen LogP contribution in [-0.4, -0.2) is 17.6 Å². The predicted molar refractivity (Wildman–Crippen MR) is 87.2 cm³/mol. The summed E-state index contributed by atoms with van der Waals surface area (Å²) < 4.78 is 0. The van der Waals surface area contributed by atoms with Crippen LogP contribution in [0.3, 0.4) is 0 Å². The van der Waals surface area contributed by atoms with Crippen molar-refractivity contribution < 1.29 is 9.90 Å². The first kappa shape index (κ1) is 15.6. The number of benzene rings is 1. The fourth-order valence-corrected chi connectivity index (χ4v) is 2.94. The van der Waals surface area contributed by atoms with Crippen molar-refractivity contribution in [2.45, 2.75) is 13.8 Å². The van der Waals surface area contributed by atoms with Crippen molar-refractivity contribution in [3.05, 3.63) is 50.2 Å². The number of aliphatic hydroxyl groups excluding tert-OH is 1. The van der Waals surface area contributed by atoms with Crippen LogP contribution in [0.2, 0.25) is 5.02 Å². The predicted octanol–water partition coefficient (Wildman–Crippen LogP) is 3.61. The van der Waals surface area contributed by atoms with Gasteiger partial charge in [-0.15, -0.1) is 11.3 Å². The monoisotopic (exact) mass is 319 g/mol. The molecule has 0 radical (unpaired) electrons. The largest absolute Gasteiger partial charge is 0.384 e. The number of halogens is 1. The third kappa shape index (κ3) is 3.64. The zero-order valence-electron chi connectivity index (χ0n) is 11.7. The van der Waals surface area contributed by atoms with Gasteiger partial charge in [-0.3, -0.25) is 4.79 Å². The molecule has 0 fully saturated rings. The van der Waals surface area contributed by atoms with Gasteiger partial charge in [0.2, 0.25) is 0 Å². The van der Waals surface area contributed by atoms with Crippen molar-refractivity contribution in [1.82, 2.24) is 0 Å². The zero-order valence-corrected chi connectivity index (χ0v) is 13.2. The number of nitrogens with one attached hydrogen (secondary N) is 1. The minimum absolute atomic E-state index is 0.225. The molecule has 0 unspecified atom stereocenters. The maximum Gasteiger partial charge on any atom is 0.267 e. The Kier molecular flexibility index (Phi) is 5.03. The van der Waals surface area contributed by atoms with Crippen molar-refractivity contribution in [1.29, 1.82) is 0 Å². The Labute approximate surface area is 132 Å². The van der Waals surface area contributed by atoms with E-state index in [4.69, 9.17) is 16.7 Å². The Morgan fingerprint density at radius 2 is 2.19 bits per heavy atom. The van der Waals surface area contributed by atoms with Crippen molar-refractivity contribution >= 4 is 34.5 Å². The summed E-state index contributed by atoms with van der Waals surface area (Å²) in [4.78, 5) is 12.8. The van der Waals surface area contributed by atoms with Crippen LogP contribution in [0.15, 0.2) is 23.6 Å². The van der Waals surface area contributed by atoms with Crippen molar-refractivity contribution in [3.8, 4) is 11.8 Å². The molecular weight excluding hydrogens is 306 g/mol. The average molecular weight is 320 g/mol. The second kappa shape index (κ2) is 6.77. The van der Waals surface area contributed by atoms with Crippen LogP contribution in [0, 0.1) is 25.7 Å². The molecule has 108 valence electrons. The standard InChI is InChI=1S/C16H14ClNO2S/c1-10-5-6-12(4-3-7-19)13(8-10)18-16(20)15-14(17)11(2)9-21-15/h5-6,8-9,19H,7H2,1-2H3,(H,18,20). The topological polar surface area (TPSA) is 49.3 Å². The van der Waals surface area contributed by atoms with Gasteiger partial charge in [0, 0.05) is 5.56 Å². The Balaban J connectivity index is 2.32. The molecule has 0 aliphatic heterocycles. The second-order valence-corrected chi connectivity index (χ2v) is 5.78. The van der Waals surface area contributed by atoms with Gasteiger partial charge in [-0.25, -0.2) is 0 Å². The van der Waals surface area contributed by atoms with Gasteiger partial charge < -0.3 is 10.4 Å². The molecular formula is C16H14ClNO2S. The number of carbonyl (C=O) groups is 1. The van der Waals surface area contributed by atoms with E-state index in [2.05, 4.69) is 17.2 Å². The lowest BCUT2D eigenvalue weighted by atomic mass is 10.1. The van der Waals surface area contributed by atoms with Gasteiger partial charge in [-0.05, 0) is 42.5 Å². The van der Waals surface area contributed by atoms with E-state index in [-0.39, 0.29) is 12.5 Å². The summed E-state index contributed by atoms with van der Waals surface area (Å²) in [5.41, 5.74) is 3.17. The summed E-state index contributed by atoms with van der Waals surface area (Å²) in [7, 11) is 0. The van der Waals surface area contributed by atoms with E-state index in [0.29, 0.717) is 21.2 Å². The molecule has 1 aromatic carbocycles. The number of aliphatic hydroxyl groups is 1. The van der Waals surface area contributed by atoms with Gasteiger partial charge in [-0.1, -0.05) is 29.5 Å². The highest BCUT2D eigenvalue weighted by Gasteiger charge is 2.15. The Morgan fingerprint density at radius 1 is 1.43 bits per heavy atom. The first-order chi connectivity index (χ1) is 10.0. The van der Waals surface area contributed by atoms with Crippen LogP contribution in [0.25, 0.3) is 0 Å². The molecule has 0 saturated heterocycles. The van der Waals surface area contributed by atoms with Gasteiger partial charge in [0.05, 0.1) is 10.7 Å². The van der Waals surface area contributed by atoms with Crippen molar-refractivity contribution in [2.75, 3.05) is 11.9 Å². The molecule has 2 aromatic rings. The highest BCUT2D eigenvalue weighted by atomic mass is 35.5. The third-order valence-electron chi connectivity index (χ3n) is 2.83. The lowest BCUT2D eigenvalue weighted by molar-refractivity contribution is 0.103. The van der Waals surface area contributed by atoms with Crippen LogP contribution in [0.4, 0.5) is 5.69 Å². The molecule has 5 heteroatoms. The molecule has 2 rings (SSSR count). The van der Waals surface area contributed by atoms with Crippen molar-refractivity contribution in [3.63, 3.8) is 0 Å². The minimum Gasteiger partial charge on any atom is -0.384 e.